The number of amides is 1. The fraction of sp³-hybridized carbons (Fsp3) is 0.471. The molecule has 1 atom stereocenters. The number of aromatic nitrogens is 3. The van der Waals surface area contributed by atoms with Crippen molar-refractivity contribution in [1.29, 1.82) is 0 Å². The number of benzene rings is 1. The van der Waals surface area contributed by atoms with Gasteiger partial charge < -0.3 is 5.32 Å². The summed E-state index contributed by atoms with van der Waals surface area (Å²) in [5.74, 6) is 0.403. The zero-order chi connectivity index (χ0) is 16.6. The Labute approximate surface area is 134 Å². The minimum absolute atomic E-state index is 0.135. The van der Waals surface area contributed by atoms with Crippen molar-refractivity contribution in [3.05, 3.63) is 47.8 Å². The summed E-state index contributed by atoms with van der Waals surface area (Å²) in [5.41, 5.74) is -0.255. The van der Waals surface area contributed by atoms with Crippen LogP contribution in [-0.4, -0.2) is 20.7 Å². The zero-order valence-electron chi connectivity index (χ0n) is 13.6. The number of hydrogen-bond donors (Lipinski definition) is 1. The number of hydrogen-bond acceptors (Lipinski definition) is 3. The van der Waals surface area contributed by atoms with Crippen LogP contribution in [0, 0.1) is 11.7 Å². The summed E-state index contributed by atoms with van der Waals surface area (Å²) in [6.45, 7) is 4.03. The second kappa shape index (κ2) is 5.76. The Hall–Kier alpha value is -2.24. The van der Waals surface area contributed by atoms with E-state index in [1.54, 1.807) is 29.9 Å². The Morgan fingerprint density at radius 3 is 2.57 bits per heavy atom. The van der Waals surface area contributed by atoms with E-state index in [1.165, 1.54) is 12.4 Å². The summed E-state index contributed by atoms with van der Waals surface area (Å²) in [6.07, 6.45) is 2.81. The predicted octanol–water partition coefficient (Wildman–Crippen LogP) is 2.50. The first-order valence-corrected chi connectivity index (χ1v) is 7.85. The predicted molar refractivity (Wildman–Crippen MR) is 84.0 cm³/mol. The monoisotopic (exact) mass is 316 g/mol. The lowest BCUT2D eigenvalue weighted by Crippen LogP contribution is -2.40. The Morgan fingerprint density at radius 1 is 1.35 bits per heavy atom. The van der Waals surface area contributed by atoms with Crippen molar-refractivity contribution in [2.45, 2.75) is 38.1 Å². The first-order chi connectivity index (χ1) is 11.0. The molecule has 6 heteroatoms. The number of nitrogens with one attached hydrogen (secondary N) is 1. The Balaban J connectivity index is 1.86. The van der Waals surface area contributed by atoms with Crippen molar-refractivity contribution >= 4 is 5.91 Å². The molecule has 0 saturated heterocycles. The highest BCUT2D eigenvalue weighted by Gasteiger charge is 2.53. The Morgan fingerprint density at radius 2 is 2.04 bits per heavy atom. The summed E-state index contributed by atoms with van der Waals surface area (Å²) >= 11 is 0. The molecule has 0 aliphatic heterocycles. The highest BCUT2D eigenvalue weighted by Crippen LogP contribution is 2.49. The molecule has 1 fully saturated rings. The van der Waals surface area contributed by atoms with Crippen LogP contribution in [0.25, 0.3) is 0 Å². The van der Waals surface area contributed by atoms with Crippen LogP contribution in [0.1, 0.15) is 44.1 Å². The largest absolute Gasteiger partial charge is 0.345 e. The number of carbonyl (C=O) groups excluding carboxylic acids is 1. The third kappa shape index (κ3) is 2.73. The molecule has 0 bridgehead atoms. The number of aryl methyl sites for hydroxylation is 1. The van der Waals surface area contributed by atoms with E-state index in [0.29, 0.717) is 24.2 Å². The summed E-state index contributed by atoms with van der Waals surface area (Å²) in [6, 6.07) is 6.27. The maximum Gasteiger partial charge on any atom is 0.231 e. The average Bonchev–Trinajstić information content (AvgIpc) is 3.21. The molecule has 1 unspecified atom stereocenters. The van der Waals surface area contributed by atoms with E-state index < -0.39 is 5.41 Å². The van der Waals surface area contributed by atoms with E-state index in [1.807, 2.05) is 13.8 Å². The molecular weight excluding hydrogens is 295 g/mol. The summed E-state index contributed by atoms with van der Waals surface area (Å²) in [4.78, 5) is 17.1. The number of carbonyl (C=O) groups is 1. The van der Waals surface area contributed by atoms with Gasteiger partial charge in [-0.05, 0) is 24.8 Å². The molecule has 122 valence electrons. The molecular formula is C17H21FN4O. The van der Waals surface area contributed by atoms with E-state index in [9.17, 15) is 9.18 Å². The van der Waals surface area contributed by atoms with E-state index in [-0.39, 0.29) is 23.7 Å². The van der Waals surface area contributed by atoms with Gasteiger partial charge in [-0.25, -0.2) is 9.37 Å². The van der Waals surface area contributed by atoms with Gasteiger partial charge in [0.15, 0.2) is 0 Å². The minimum atomic E-state index is -0.739. The SMILES string of the molecule is CC(C)C(NC(=O)C1(c2ccccc2F)CC1)c1ncnn1C. The summed E-state index contributed by atoms with van der Waals surface area (Å²) in [7, 11) is 1.80. The maximum atomic E-state index is 14.1. The molecule has 1 heterocycles. The third-order valence-electron chi connectivity index (χ3n) is 4.55. The molecule has 23 heavy (non-hydrogen) atoms. The smallest absolute Gasteiger partial charge is 0.231 e. The Kier molecular flexibility index (Phi) is 3.92. The molecule has 1 aliphatic rings. The van der Waals surface area contributed by atoms with E-state index >= 15 is 0 Å². The fourth-order valence-corrected chi connectivity index (χ4v) is 2.99. The topological polar surface area (TPSA) is 59.8 Å². The van der Waals surface area contributed by atoms with E-state index in [2.05, 4.69) is 15.4 Å². The molecule has 1 aliphatic carbocycles. The second-order valence-electron chi connectivity index (χ2n) is 6.50. The number of halogens is 1. The molecule has 1 amide bonds. The minimum Gasteiger partial charge on any atom is -0.345 e. The van der Waals surface area contributed by atoms with Crippen LogP contribution >= 0.6 is 0 Å². The molecule has 1 aromatic heterocycles. The average molecular weight is 316 g/mol. The standard InChI is InChI=1S/C17H21FN4O/c1-11(2)14(15-19-10-20-22(15)3)21-16(23)17(8-9-17)12-6-4-5-7-13(12)18/h4-7,10-11,14H,8-9H2,1-3H3,(H,21,23). The summed E-state index contributed by atoms with van der Waals surface area (Å²) < 4.78 is 15.8. The molecule has 0 radical (unpaired) electrons. The van der Waals surface area contributed by atoms with Gasteiger partial charge in [0.05, 0.1) is 11.5 Å². The van der Waals surface area contributed by atoms with Gasteiger partial charge in [-0.15, -0.1) is 0 Å². The van der Waals surface area contributed by atoms with Crippen molar-refractivity contribution in [2.24, 2.45) is 13.0 Å². The Bertz CT molecular complexity index is 721. The molecule has 1 N–H and O–H groups in total. The first kappa shape index (κ1) is 15.6. The van der Waals surface area contributed by atoms with E-state index in [0.717, 1.165) is 0 Å². The lowest BCUT2D eigenvalue weighted by atomic mass is 9.93. The normalized spacial score (nSPS) is 17.1. The van der Waals surface area contributed by atoms with Gasteiger partial charge in [0, 0.05) is 12.6 Å². The highest BCUT2D eigenvalue weighted by atomic mass is 19.1. The van der Waals surface area contributed by atoms with Gasteiger partial charge in [0.2, 0.25) is 5.91 Å². The van der Waals surface area contributed by atoms with E-state index in [4.69, 9.17) is 0 Å². The fourth-order valence-electron chi connectivity index (χ4n) is 2.99. The van der Waals surface area contributed by atoms with Crippen molar-refractivity contribution < 1.29 is 9.18 Å². The second-order valence-corrected chi connectivity index (χ2v) is 6.50. The quantitative estimate of drug-likeness (QED) is 0.922. The molecule has 1 saturated carbocycles. The van der Waals surface area contributed by atoms with Gasteiger partial charge in [-0.1, -0.05) is 32.0 Å². The first-order valence-electron chi connectivity index (χ1n) is 7.85. The van der Waals surface area contributed by atoms with Crippen LogP contribution in [0.15, 0.2) is 30.6 Å². The van der Waals surface area contributed by atoms with Gasteiger partial charge in [0.25, 0.3) is 0 Å². The molecule has 0 spiro atoms. The van der Waals surface area contributed by atoms with Crippen LogP contribution in [0.2, 0.25) is 0 Å². The lowest BCUT2D eigenvalue weighted by Gasteiger charge is -2.25. The maximum absolute atomic E-state index is 14.1. The van der Waals surface area contributed by atoms with Crippen molar-refractivity contribution in [3.8, 4) is 0 Å². The van der Waals surface area contributed by atoms with Crippen molar-refractivity contribution in [1.82, 2.24) is 20.1 Å². The van der Waals surface area contributed by atoms with Gasteiger partial charge in [0.1, 0.15) is 18.0 Å². The van der Waals surface area contributed by atoms with Crippen LogP contribution in [0.4, 0.5) is 4.39 Å². The molecule has 2 aromatic rings. The number of nitrogens with zero attached hydrogens (tertiary/aromatic N) is 3. The third-order valence-corrected chi connectivity index (χ3v) is 4.55. The molecule has 1 aromatic carbocycles. The van der Waals surface area contributed by atoms with Crippen LogP contribution in [0.5, 0.6) is 0 Å². The summed E-state index contributed by atoms with van der Waals surface area (Å²) in [5, 5.41) is 7.13. The van der Waals surface area contributed by atoms with Gasteiger partial charge in [-0.2, -0.15) is 5.10 Å². The zero-order valence-corrected chi connectivity index (χ0v) is 13.6. The van der Waals surface area contributed by atoms with Crippen LogP contribution in [-0.2, 0) is 17.3 Å². The molecule has 3 rings (SSSR count). The van der Waals surface area contributed by atoms with Gasteiger partial charge in [-0.3, -0.25) is 9.48 Å². The van der Waals surface area contributed by atoms with Crippen molar-refractivity contribution in [3.63, 3.8) is 0 Å². The molecule has 5 nitrogen and oxygen atoms in total. The van der Waals surface area contributed by atoms with Gasteiger partial charge >= 0.3 is 0 Å². The van der Waals surface area contributed by atoms with Crippen molar-refractivity contribution in [2.75, 3.05) is 0 Å². The van der Waals surface area contributed by atoms with Crippen LogP contribution < -0.4 is 5.32 Å². The lowest BCUT2D eigenvalue weighted by molar-refractivity contribution is -0.124. The highest BCUT2D eigenvalue weighted by molar-refractivity contribution is 5.91. The van der Waals surface area contributed by atoms with Crippen LogP contribution in [0.3, 0.4) is 0 Å². The number of rotatable bonds is 5.